The molecule has 2 rings (SSSR count). The highest BCUT2D eigenvalue weighted by Crippen LogP contribution is 2.17. The van der Waals surface area contributed by atoms with Crippen LogP contribution in [0.15, 0.2) is 60.3 Å². The Hall–Kier alpha value is -1.80. The summed E-state index contributed by atoms with van der Waals surface area (Å²) in [6, 6.07) is 10.4. The normalized spacial score (nSPS) is 24.3. The molecule has 0 saturated carbocycles. The molecule has 1 heterocycles. The van der Waals surface area contributed by atoms with Gasteiger partial charge >= 0.3 is 0 Å². The molecule has 3 N–H and O–H groups in total. The van der Waals surface area contributed by atoms with E-state index in [1.54, 1.807) is 0 Å². The fraction of sp³-hybridized carbons (Fsp3) is 0.250. The van der Waals surface area contributed by atoms with Gasteiger partial charge in [-0.05, 0) is 37.5 Å². The van der Waals surface area contributed by atoms with Crippen LogP contribution in [0, 0.1) is 0 Å². The monoisotopic (exact) mass is 240 g/mol. The van der Waals surface area contributed by atoms with Crippen LogP contribution < -0.4 is 11.1 Å². The van der Waals surface area contributed by atoms with Crippen LogP contribution in [0.2, 0.25) is 0 Å². The van der Waals surface area contributed by atoms with Crippen molar-refractivity contribution >= 4 is 5.70 Å². The largest absolute Gasteiger partial charge is 0.359 e. The zero-order valence-corrected chi connectivity index (χ0v) is 10.8. The predicted molar refractivity (Wildman–Crippen MR) is 77.7 cm³/mol. The molecule has 1 aromatic rings. The number of nitrogens with two attached hydrogens (primary N) is 1. The van der Waals surface area contributed by atoms with E-state index in [-0.39, 0.29) is 6.04 Å². The molecule has 1 aliphatic heterocycles. The molecule has 1 aromatic carbocycles. The molecule has 1 atom stereocenters. The second-order valence-electron chi connectivity index (χ2n) is 4.59. The topological polar surface area (TPSA) is 38.0 Å². The van der Waals surface area contributed by atoms with Gasteiger partial charge in [0.15, 0.2) is 0 Å². The maximum Gasteiger partial charge on any atom is 0.0455 e. The summed E-state index contributed by atoms with van der Waals surface area (Å²) in [7, 11) is 0. The Kier molecular flexibility index (Phi) is 4.37. The molecule has 0 radical (unpaired) electrons. The first-order valence-corrected chi connectivity index (χ1v) is 6.41. The Labute approximate surface area is 109 Å². The van der Waals surface area contributed by atoms with Gasteiger partial charge in [-0.15, -0.1) is 0 Å². The highest BCUT2D eigenvalue weighted by molar-refractivity contribution is 5.67. The lowest BCUT2D eigenvalue weighted by Gasteiger charge is -2.16. The highest BCUT2D eigenvalue weighted by Gasteiger charge is 2.05. The third-order valence-corrected chi connectivity index (χ3v) is 2.82. The Morgan fingerprint density at radius 3 is 2.78 bits per heavy atom. The summed E-state index contributed by atoms with van der Waals surface area (Å²) in [6.07, 6.45) is 10.6. The van der Waals surface area contributed by atoms with Crippen molar-refractivity contribution in [3.63, 3.8) is 0 Å². The second-order valence-corrected chi connectivity index (χ2v) is 4.59. The van der Waals surface area contributed by atoms with Crippen LogP contribution in [-0.4, -0.2) is 6.04 Å². The first-order chi connectivity index (χ1) is 8.75. The van der Waals surface area contributed by atoms with Crippen molar-refractivity contribution in [1.82, 2.24) is 5.32 Å². The third-order valence-electron chi connectivity index (χ3n) is 2.82. The second kappa shape index (κ2) is 6.22. The SMILES string of the molecule is CC(N)/C=C1/CC/C=C\C=C(\c2ccccc2)N1. The molecule has 0 bridgehead atoms. The van der Waals surface area contributed by atoms with Gasteiger partial charge in [-0.25, -0.2) is 0 Å². The standard InChI is InChI=1S/C16H20N2/c1-13(17)12-15-10-6-3-7-11-16(18-15)14-8-4-2-5-9-14/h2-5,7-9,11-13,18H,6,10,17H2,1H3/b7-3-,15-12-,16-11-. The van der Waals surface area contributed by atoms with Gasteiger partial charge in [0.05, 0.1) is 0 Å². The first kappa shape index (κ1) is 12.7. The van der Waals surface area contributed by atoms with E-state index in [9.17, 15) is 0 Å². The minimum atomic E-state index is 0.0768. The van der Waals surface area contributed by atoms with Crippen LogP contribution in [0.4, 0.5) is 0 Å². The Balaban J connectivity index is 2.27. The molecule has 0 saturated heterocycles. The van der Waals surface area contributed by atoms with Gasteiger partial charge in [-0.1, -0.05) is 42.5 Å². The number of allylic oxidation sites excluding steroid dienone is 4. The lowest BCUT2D eigenvalue weighted by molar-refractivity contribution is 0.835. The summed E-state index contributed by atoms with van der Waals surface area (Å²) >= 11 is 0. The molecule has 0 aliphatic carbocycles. The van der Waals surface area contributed by atoms with Crippen LogP contribution in [0.1, 0.15) is 25.3 Å². The first-order valence-electron chi connectivity index (χ1n) is 6.41. The number of benzene rings is 1. The smallest absolute Gasteiger partial charge is 0.0455 e. The lowest BCUT2D eigenvalue weighted by Crippen LogP contribution is -2.18. The lowest BCUT2D eigenvalue weighted by atomic mass is 10.1. The summed E-state index contributed by atoms with van der Waals surface area (Å²) in [5, 5.41) is 3.49. The fourth-order valence-corrected chi connectivity index (χ4v) is 2.00. The van der Waals surface area contributed by atoms with Gasteiger partial charge in [-0.2, -0.15) is 0 Å². The van der Waals surface area contributed by atoms with Crippen molar-refractivity contribution in [3.05, 3.63) is 65.9 Å². The van der Waals surface area contributed by atoms with Crippen molar-refractivity contribution in [2.45, 2.75) is 25.8 Å². The van der Waals surface area contributed by atoms with Gasteiger partial charge < -0.3 is 11.1 Å². The Bertz CT molecular complexity index is 467. The minimum Gasteiger partial charge on any atom is -0.359 e. The van der Waals surface area contributed by atoms with E-state index in [0.717, 1.165) is 18.5 Å². The maximum atomic E-state index is 5.84. The minimum absolute atomic E-state index is 0.0768. The van der Waals surface area contributed by atoms with E-state index < -0.39 is 0 Å². The summed E-state index contributed by atoms with van der Waals surface area (Å²) in [6.45, 7) is 2.00. The van der Waals surface area contributed by atoms with Gasteiger partial charge in [0.1, 0.15) is 0 Å². The zero-order valence-electron chi connectivity index (χ0n) is 10.8. The van der Waals surface area contributed by atoms with Crippen LogP contribution >= 0.6 is 0 Å². The van der Waals surface area contributed by atoms with E-state index in [4.69, 9.17) is 5.73 Å². The number of hydrogen-bond acceptors (Lipinski definition) is 2. The number of rotatable bonds is 2. The average Bonchev–Trinajstić information content (AvgIpc) is 2.33. The molecule has 1 unspecified atom stereocenters. The van der Waals surface area contributed by atoms with E-state index in [0.29, 0.717) is 0 Å². The average molecular weight is 240 g/mol. The van der Waals surface area contributed by atoms with Crippen molar-refractivity contribution in [1.29, 1.82) is 0 Å². The molecule has 0 amide bonds. The van der Waals surface area contributed by atoms with Crippen LogP contribution in [0.3, 0.4) is 0 Å². The van der Waals surface area contributed by atoms with Gasteiger partial charge in [-0.3, -0.25) is 0 Å². The fourth-order valence-electron chi connectivity index (χ4n) is 2.00. The number of hydrogen-bond donors (Lipinski definition) is 2. The van der Waals surface area contributed by atoms with E-state index in [2.05, 4.69) is 53.9 Å². The van der Waals surface area contributed by atoms with E-state index in [1.807, 2.05) is 13.0 Å². The summed E-state index contributed by atoms with van der Waals surface area (Å²) in [4.78, 5) is 0. The third kappa shape index (κ3) is 3.60. The molecule has 2 nitrogen and oxygen atoms in total. The van der Waals surface area contributed by atoms with Crippen LogP contribution in [0.5, 0.6) is 0 Å². The van der Waals surface area contributed by atoms with Crippen LogP contribution in [-0.2, 0) is 0 Å². The zero-order chi connectivity index (χ0) is 12.8. The number of nitrogens with one attached hydrogen (secondary N) is 1. The maximum absolute atomic E-state index is 5.84. The molecule has 2 heteroatoms. The molecule has 94 valence electrons. The quantitative estimate of drug-likeness (QED) is 0.833. The van der Waals surface area contributed by atoms with Gasteiger partial charge in [0, 0.05) is 17.4 Å². The van der Waals surface area contributed by atoms with Crippen molar-refractivity contribution in [3.8, 4) is 0 Å². The summed E-state index contributed by atoms with van der Waals surface area (Å²) in [5.41, 5.74) is 9.36. The van der Waals surface area contributed by atoms with Crippen molar-refractivity contribution in [2.24, 2.45) is 5.73 Å². The Morgan fingerprint density at radius 2 is 2.06 bits per heavy atom. The highest BCUT2D eigenvalue weighted by atomic mass is 14.9. The molecular weight excluding hydrogens is 220 g/mol. The molecule has 0 spiro atoms. The van der Waals surface area contributed by atoms with Crippen molar-refractivity contribution in [2.75, 3.05) is 0 Å². The van der Waals surface area contributed by atoms with Crippen LogP contribution in [0.25, 0.3) is 5.70 Å². The van der Waals surface area contributed by atoms with E-state index in [1.165, 1.54) is 11.3 Å². The summed E-state index contributed by atoms with van der Waals surface area (Å²) in [5.74, 6) is 0. The predicted octanol–water partition coefficient (Wildman–Crippen LogP) is 3.20. The molecule has 18 heavy (non-hydrogen) atoms. The van der Waals surface area contributed by atoms with Gasteiger partial charge in [0.25, 0.3) is 0 Å². The molecule has 1 aliphatic rings. The van der Waals surface area contributed by atoms with Gasteiger partial charge in [0.2, 0.25) is 0 Å². The molecule has 0 aromatic heterocycles. The van der Waals surface area contributed by atoms with E-state index >= 15 is 0 Å². The molecule has 0 fully saturated rings. The Morgan fingerprint density at radius 1 is 1.28 bits per heavy atom. The summed E-state index contributed by atoms with van der Waals surface area (Å²) < 4.78 is 0. The molecular formula is C16H20N2. The van der Waals surface area contributed by atoms with Crippen molar-refractivity contribution < 1.29 is 0 Å².